The molecule has 0 aromatic heterocycles. The summed E-state index contributed by atoms with van der Waals surface area (Å²) >= 11 is 0. The van der Waals surface area contributed by atoms with Crippen LogP contribution in [0.2, 0.25) is 0 Å². The minimum absolute atomic E-state index is 0.0289. The first-order chi connectivity index (χ1) is 10.1. The first-order valence-electron chi connectivity index (χ1n) is 7.01. The molecule has 5 nitrogen and oxygen atoms in total. The second kappa shape index (κ2) is 7.21. The van der Waals surface area contributed by atoms with E-state index in [9.17, 15) is 13.6 Å². The second-order valence-corrected chi connectivity index (χ2v) is 4.94. The largest absolute Gasteiger partial charge is 0.396 e. The fourth-order valence-corrected chi connectivity index (χ4v) is 2.34. The van der Waals surface area contributed by atoms with Gasteiger partial charge in [-0.2, -0.15) is 0 Å². The number of nitrogens with one attached hydrogen (secondary N) is 2. The average molecular weight is 299 g/mol. The molecular formula is C14H19F2N3O2. The predicted molar refractivity (Wildman–Crippen MR) is 76.5 cm³/mol. The SMILES string of the molecule is O=C(NCCCO)Nc1cc(F)c(N2CCCC2)c(F)c1. The molecule has 21 heavy (non-hydrogen) atoms. The third kappa shape index (κ3) is 4.04. The van der Waals surface area contributed by atoms with Crippen LogP contribution in [0.4, 0.5) is 25.0 Å². The van der Waals surface area contributed by atoms with Crippen LogP contribution in [0.3, 0.4) is 0 Å². The smallest absolute Gasteiger partial charge is 0.319 e. The van der Waals surface area contributed by atoms with Gasteiger partial charge >= 0.3 is 6.03 Å². The van der Waals surface area contributed by atoms with E-state index in [1.54, 1.807) is 4.90 Å². The van der Waals surface area contributed by atoms with Gasteiger partial charge in [0.05, 0.1) is 0 Å². The Labute approximate surface area is 121 Å². The van der Waals surface area contributed by atoms with E-state index >= 15 is 0 Å². The summed E-state index contributed by atoms with van der Waals surface area (Å²) in [6.07, 6.45) is 2.27. The number of carbonyl (C=O) groups excluding carboxylic acids is 1. The lowest BCUT2D eigenvalue weighted by molar-refractivity contribution is 0.249. The van der Waals surface area contributed by atoms with Crippen LogP contribution in [-0.2, 0) is 0 Å². The van der Waals surface area contributed by atoms with Crippen molar-refractivity contribution in [1.29, 1.82) is 0 Å². The van der Waals surface area contributed by atoms with E-state index < -0.39 is 17.7 Å². The Morgan fingerprint density at radius 1 is 1.24 bits per heavy atom. The fraction of sp³-hybridized carbons (Fsp3) is 0.500. The fourth-order valence-electron chi connectivity index (χ4n) is 2.34. The van der Waals surface area contributed by atoms with Crippen molar-refractivity contribution in [3.8, 4) is 0 Å². The highest BCUT2D eigenvalue weighted by Gasteiger charge is 2.21. The summed E-state index contributed by atoms with van der Waals surface area (Å²) in [6, 6.07) is 1.67. The number of benzene rings is 1. The number of halogens is 2. The number of amides is 2. The van der Waals surface area contributed by atoms with Crippen LogP contribution in [0.5, 0.6) is 0 Å². The monoisotopic (exact) mass is 299 g/mol. The molecule has 0 spiro atoms. The quantitative estimate of drug-likeness (QED) is 0.729. The van der Waals surface area contributed by atoms with Gasteiger partial charge in [-0.05, 0) is 31.4 Å². The lowest BCUT2D eigenvalue weighted by Crippen LogP contribution is -2.30. The van der Waals surface area contributed by atoms with E-state index in [1.165, 1.54) is 0 Å². The Bertz CT molecular complexity index is 482. The van der Waals surface area contributed by atoms with Crippen molar-refractivity contribution in [2.45, 2.75) is 19.3 Å². The topological polar surface area (TPSA) is 64.6 Å². The Balaban J connectivity index is 2.03. The van der Waals surface area contributed by atoms with E-state index in [0.29, 0.717) is 26.1 Å². The van der Waals surface area contributed by atoms with Gasteiger partial charge < -0.3 is 20.6 Å². The van der Waals surface area contributed by atoms with Crippen LogP contribution >= 0.6 is 0 Å². The highest BCUT2D eigenvalue weighted by Crippen LogP contribution is 2.29. The maximum Gasteiger partial charge on any atom is 0.319 e. The molecule has 0 unspecified atom stereocenters. The minimum Gasteiger partial charge on any atom is -0.396 e. The molecule has 116 valence electrons. The second-order valence-electron chi connectivity index (χ2n) is 4.94. The van der Waals surface area contributed by atoms with Crippen LogP contribution in [-0.4, -0.2) is 37.4 Å². The summed E-state index contributed by atoms with van der Waals surface area (Å²) in [6.45, 7) is 1.54. The molecule has 0 radical (unpaired) electrons. The number of hydrogen-bond donors (Lipinski definition) is 3. The Hall–Kier alpha value is -1.89. The first kappa shape index (κ1) is 15.5. The van der Waals surface area contributed by atoms with Crippen LogP contribution < -0.4 is 15.5 Å². The Kier molecular flexibility index (Phi) is 5.32. The van der Waals surface area contributed by atoms with Crippen molar-refractivity contribution in [3.63, 3.8) is 0 Å². The lowest BCUT2D eigenvalue weighted by Gasteiger charge is -2.19. The highest BCUT2D eigenvalue weighted by molar-refractivity contribution is 5.89. The molecule has 7 heteroatoms. The number of urea groups is 1. The predicted octanol–water partition coefficient (Wildman–Crippen LogP) is 2.07. The van der Waals surface area contributed by atoms with Gasteiger partial charge in [0.1, 0.15) is 5.69 Å². The van der Waals surface area contributed by atoms with Gasteiger partial charge in [-0.3, -0.25) is 0 Å². The molecule has 0 aliphatic carbocycles. The summed E-state index contributed by atoms with van der Waals surface area (Å²) in [4.78, 5) is 13.2. The third-order valence-corrected chi connectivity index (χ3v) is 3.32. The summed E-state index contributed by atoms with van der Waals surface area (Å²) in [5.74, 6) is -1.36. The zero-order chi connectivity index (χ0) is 15.2. The van der Waals surface area contributed by atoms with Gasteiger partial charge in [-0.25, -0.2) is 13.6 Å². The van der Waals surface area contributed by atoms with Crippen molar-refractivity contribution >= 4 is 17.4 Å². The molecular weight excluding hydrogens is 280 g/mol. The van der Waals surface area contributed by atoms with Gasteiger partial charge in [0.25, 0.3) is 0 Å². The molecule has 2 rings (SSSR count). The van der Waals surface area contributed by atoms with Gasteiger partial charge in [0.2, 0.25) is 0 Å². The minimum atomic E-state index is -0.678. The van der Waals surface area contributed by atoms with Crippen LogP contribution in [0, 0.1) is 11.6 Å². The summed E-state index contributed by atoms with van der Waals surface area (Å²) in [7, 11) is 0. The molecule has 3 N–H and O–H groups in total. The molecule has 1 aliphatic heterocycles. The molecule has 1 fully saturated rings. The van der Waals surface area contributed by atoms with Gasteiger partial charge in [0.15, 0.2) is 11.6 Å². The third-order valence-electron chi connectivity index (χ3n) is 3.32. The molecule has 2 amide bonds. The van der Waals surface area contributed by atoms with Crippen molar-refractivity contribution in [2.24, 2.45) is 0 Å². The van der Waals surface area contributed by atoms with Gasteiger partial charge in [-0.1, -0.05) is 0 Å². The zero-order valence-electron chi connectivity index (χ0n) is 11.7. The van der Waals surface area contributed by atoms with E-state index in [-0.39, 0.29) is 18.0 Å². The number of nitrogens with zero attached hydrogens (tertiary/aromatic N) is 1. The molecule has 1 heterocycles. The maximum absolute atomic E-state index is 14.0. The Morgan fingerprint density at radius 3 is 2.43 bits per heavy atom. The normalized spacial score (nSPS) is 14.3. The number of rotatable bonds is 5. The Morgan fingerprint density at radius 2 is 1.86 bits per heavy atom. The maximum atomic E-state index is 14.0. The van der Waals surface area contributed by atoms with Crippen molar-refractivity contribution in [2.75, 3.05) is 36.5 Å². The van der Waals surface area contributed by atoms with Crippen LogP contribution in [0.15, 0.2) is 12.1 Å². The first-order valence-corrected chi connectivity index (χ1v) is 7.01. The molecule has 0 bridgehead atoms. The molecule has 0 atom stereocenters. The number of aliphatic hydroxyl groups is 1. The standard InChI is InChI=1S/C14H19F2N3O2/c15-11-8-10(18-14(21)17-4-3-7-20)9-12(16)13(11)19-5-1-2-6-19/h8-9,20H,1-7H2,(H2,17,18,21). The zero-order valence-corrected chi connectivity index (χ0v) is 11.7. The number of aliphatic hydroxyl groups excluding tert-OH is 1. The molecule has 1 saturated heterocycles. The van der Waals surface area contributed by atoms with E-state index in [1.807, 2.05) is 0 Å². The van der Waals surface area contributed by atoms with Crippen LogP contribution in [0.25, 0.3) is 0 Å². The number of carbonyl (C=O) groups is 1. The molecule has 0 saturated carbocycles. The van der Waals surface area contributed by atoms with Gasteiger partial charge in [-0.15, -0.1) is 0 Å². The molecule has 1 aliphatic rings. The average Bonchev–Trinajstić information content (AvgIpc) is 2.92. The van der Waals surface area contributed by atoms with Crippen molar-refractivity contribution < 1.29 is 18.7 Å². The summed E-state index contributed by atoms with van der Waals surface area (Å²) in [5.41, 5.74) is 0.0354. The van der Waals surface area contributed by atoms with Crippen molar-refractivity contribution in [3.05, 3.63) is 23.8 Å². The van der Waals surface area contributed by atoms with E-state index in [0.717, 1.165) is 25.0 Å². The summed E-state index contributed by atoms with van der Waals surface area (Å²) < 4.78 is 28.1. The van der Waals surface area contributed by atoms with E-state index in [2.05, 4.69) is 10.6 Å². The molecule has 1 aromatic carbocycles. The van der Waals surface area contributed by atoms with Gasteiger partial charge in [0, 0.05) is 31.9 Å². The number of anilines is 2. The van der Waals surface area contributed by atoms with Crippen molar-refractivity contribution in [1.82, 2.24) is 5.32 Å². The van der Waals surface area contributed by atoms with E-state index in [4.69, 9.17) is 5.11 Å². The van der Waals surface area contributed by atoms with Crippen LogP contribution in [0.1, 0.15) is 19.3 Å². The summed E-state index contributed by atoms with van der Waals surface area (Å²) in [5, 5.41) is 13.4. The number of hydrogen-bond acceptors (Lipinski definition) is 3. The lowest BCUT2D eigenvalue weighted by atomic mass is 10.2. The molecule has 1 aromatic rings. The highest BCUT2D eigenvalue weighted by atomic mass is 19.1.